The van der Waals surface area contributed by atoms with Gasteiger partial charge in [0, 0.05) is 12.5 Å². The molecule has 0 bridgehead atoms. The molecule has 1 fully saturated rings. The van der Waals surface area contributed by atoms with Gasteiger partial charge in [0.15, 0.2) is 0 Å². The van der Waals surface area contributed by atoms with E-state index >= 15 is 0 Å². The van der Waals surface area contributed by atoms with Gasteiger partial charge < -0.3 is 20.1 Å². The number of methoxy groups -OCH3 is 1. The van der Waals surface area contributed by atoms with Crippen molar-refractivity contribution in [3.8, 4) is 17.4 Å². The number of carbonyl (C=O) groups excluding carboxylic acids is 1. The highest BCUT2D eigenvalue weighted by atomic mass is 16.5. The van der Waals surface area contributed by atoms with Crippen molar-refractivity contribution in [2.24, 2.45) is 5.92 Å². The van der Waals surface area contributed by atoms with Gasteiger partial charge in [0.25, 0.3) is 0 Å². The van der Waals surface area contributed by atoms with Crippen LogP contribution in [0, 0.1) is 5.92 Å². The van der Waals surface area contributed by atoms with E-state index in [0.717, 1.165) is 31.7 Å². The summed E-state index contributed by atoms with van der Waals surface area (Å²) < 4.78 is 10.8. The van der Waals surface area contributed by atoms with Crippen molar-refractivity contribution in [1.29, 1.82) is 0 Å². The van der Waals surface area contributed by atoms with Crippen LogP contribution >= 0.6 is 0 Å². The van der Waals surface area contributed by atoms with E-state index in [1.165, 1.54) is 0 Å². The number of hydrogen-bond donors (Lipinski definition) is 2. The van der Waals surface area contributed by atoms with E-state index in [1.54, 1.807) is 25.4 Å². The van der Waals surface area contributed by atoms with Crippen LogP contribution in [0.15, 0.2) is 42.6 Å². The molecular weight excluding hydrogens is 318 g/mol. The van der Waals surface area contributed by atoms with Gasteiger partial charge in [-0.3, -0.25) is 4.79 Å². The molecule has 1 saturated heterocycles. The Kier molecular flexibility index (Phi) is 5.85. The molecule has 2 N–H and O–H groups in total. The summed E-state index contributed by atoms with van der Waals surface area (Å²) in [5, 5.41) is 6.19. The second-order valence-corrected chi connectivity index (χ2v) is 6.11. The second kappa shape index (κ2) is 8.48. The molecule has 1 unspecified atom stereocenters. The number of benzene rings is 1. The molecule has 25 heavy (non-hydrogen) atoms. The van der Waals surface area contributed by atoms with Crippen molar-refractivity contribution in [3.63, 3.8) is 0 Å². The van der Waals surface area contributed by atoms with Crippen molar-refractivity contribution in [2.75, 3.05) is 25.5 Å². The molecule has 1 atom stereocenters. The van der Waals surface area contributed by atoms with E-state index in [0.29, 0.717) is 29.7 Å². The molecule has 3 rings (SSSR count). The number of nitrogens with one attached hydrogen (secondary N) is 2. The van der Waals surface area contributed by atoms with Crippen molar-refractivity contribution in [2.45, 2.75) is 19.3 Å². The van der Waals surface area contributed by atoms with Gasteiger partial charge in [-0.25, -0.2) is 4.98 Å². The van der Waals surface area contributed by atoms with Crippen molar-refractivity contribution >= 4 is 11.6 Å². The predicted molar refractivity (Wildman–Crippen MR) is 96.1 cm³/mol. The minimum atomic E-state index is 0.0255. The van der Waals surface area contributed by atoms with Crippen LogP contribution in [0.4, 0.5) is 5.69 Å². The van der Waals surface area contributed by atoms with Gasteiger partial charge in [-0.2, -0.15) is 0 Å². The number of hydrogen-bond acceptors (Lipinski definition) is 5. The average Bonchev–Trinajstić information content (AvgIpc) is 3.16. The third-order valence-electron chi connectivity index (χ3n) is 4.24. The van der Waals surface area contributed by atoms with E-state index < -0.39 is 0 Å². The molecule has 132 valence electrons. The number of rotatable bonds is 7. The van der Waals surface area contributed by atoms with Crippen LogP contribution in [0.2, 0.25) is 0 Å². The SMILES string of the molecule is COc1ccc(Oc2ccc(NC(=O)CCC3CCNC3)cn2)cc1. The first-order valence-corrected chi connectivity index (χ1v) is 8.51. The molecule has 1 aliphatic rings. The maximum absolute atomic E-state index is 12.0. The standard InChI is InChI=1S/C19H23N3O3/c1-24-16-4-6-17(7-5-16)25-19-9-3-15(13-21-19)22-18(23)8-2-14-10-11-20-12-14/h3-7,9,13-14,20H,2,8,10-12H2,1H3,(H,22,23). The lowest BCUT2D eigenvalue weighted by atomic mass is 10.0. The molecule has 1 aromatic heterocycles. The number of amides is 1. The number of anilines is 1. The van der Waals surface area contributed by atoms with Gasteiger partial charge in [-0.1, -0.05) is 0 Å². The summed E-state index contributed by atoms with van der Waals surface area (Å²) in [7, 11) is 1.62. The summed E-state index contributed by atoms with van der Waals surface area (Å²) in [5.41, 5.74) is 0.677. The van der Waals surface area contributed by atoms with Crippen LogP contribution in [0.3, 0.4) is 0 Å². The zero-order valence-corrected chi connectivity index (χ0v) is 14.3. The van der Waals surface area contributed by atoms with Crippen LogP contribution in [-0.4, -0.2) is 31.1 Å². The van der Waals surface area contributed by atoms with E-state index in [2.05, 4.69) is 15.6 Å². The molecule has 0 radical (unpaired) electrons. The Hall–Kier alpha value is -2.60. The van der Waals surface area contributed by atoms with Gasteiger partial charge in [0.2, 0.25) is 11.8 Å². The van der Waals surface area contributed by atoms with Gasteiger partial charge in [-0.15, -0.1) is 0 Å². The quantitative estimate of drug-likeness (QED) is 0.809. The molecule has 6 nitrogen and oxygen atoms in total. The summed E-state index contributed by atoms with van der Waals surface area (Å²) in [6, 6.07) is 10.8. The molecular formula is C19H23N3O3. The summed E-state index contributed by atoms with van der Waals surface area (Å²) in [6.07, 6.45) is 4.22. The fourth-order valence-corrected chi connectivity index (χ4v) is 2.80. The fraction of sp³-hybridized carbons (Fsp3) is 0.368. The normalized spacial score (nSPS) is 16.4. The smallest absolute Gasteiger partial charge is 0.224 e. The first kappa shape index (κ1) is 17.2. The van der Waals surface area contributed by atoms with Gasteiger partial charge in [-0.05, 0) is 62.2 Å². The maximum Gasteiger partial charge on any atom is 0.224 e. The molecule has 2 aromatic rings. The lowest BCUT2D eigenvalue weighted by Crippen LogP contribution is -2.15. The Bertz CT molecular complexity index is 680. The zero-order valence-electron chi connectivity index (χ0n) is 14.3. The van der Waals surface area contributed by atoms with Gasteiger partial charge in [0.1, 0.15) is 11.5 Å². The van der Waals surface area contributed by atoms with Crippen LogP contribution in [0.5, 0.6) is 17.4 Å². The monoisotopic (exact) mass is 341 g/mol. The Morgan fingerprint density at radius 1 is 1.24 bits per heavy atom. The molecule has 0 aliphatic carbocycles. The number of aromatic nitrogens is 1. The summed E-state index contributed by atoms with van der Waals surface area (Å²) in [6.45, 7) is 2.08. The number of pyridine rings is 1. The molecule has 1 amide bonds. The predicted octanol–water partition coefficient (Wildman–Crippen LogP) is 3.21. The Labute approximate surface area is 147 Å². The second-order valence-electron chi connectivity index (χ2n) is 6.11. The van der Waals surface area contributed by atoms with Gasteiger partial charge >= 0.3 is 0 Å². The third kappa shape index (κ3) is 5.19. The van der Waals surface area contributed by atoms with Crippen molar-refractivity contribution in [3.05, 3.63) is 42.6 Å². The lowest BCUT2D eigenvalue weighted by molar-refractivity contribution is -0.116. The fourth-order valence-electron chi connectivity index (χ4n) is 2.80. The molecule has 6 heteroatoms. The van der Waals surface area contributed by atoms with Crippen molar-refractivity contribution in [1.82, 2.24) is 10.3 Å². The Morgan fingerprint density at radius 3 is 2.68 bits per heavy atom. The number of carbonyl (C=O) groups is 1. The Morgan fingerprint density at radius 2 is 2.04 bits per heavy atom. The first-order valence-electron chi connectivity index (χ1n) is 8.51. The van der Waals surface area contributed by atoms with Crippen LogP contribution in [0.1, 0.15) is 19.3 Å². The third-order valence-corrected chi connectivity index (χ3v) is 4.24. The van der Waals surface area contributed by atoms with Crippen molar-refractivity contribution < 1.29 is 14.3 Å². The summed E-state index contributed by atoms with van der Waals surface area (Å²) in [4.78, 5) is 16.2. The maximum atomic E-state index is 12.0. The highest BCUT2D eigenvalue weighted by Gasteiger charge is 2.15. The topological polar surface area (TPSA) is 72.5 Å². The van der Waals surface area contributed by atoms with Gasteiger partial charge in [0.05, 0.1) is 19.0 Å². The van der Waals surface area contributed by atoms with E-state index in [9.17, 15) is 4.79 Å². The number of ether oxygens (including phenoxy) is 2. The number of nitrogens with zero attached hydrogens (tertiary/aromatic N) is 1. The van der Waals surface area contributed by atoms with E-state index in [4.69, 9.17) is 9.47 Å². The molecule has 0 saturated carbocycles. The average molecular weight is 341 g/mol. The lowest BCUT2D eigenvalue weighted by Gasteiger charge is -2.09. The summed E-state index contributed by atoms with van der Waals surface area (Å²) in [5.74, 6) is 2.56. The van der Waals surface area contributed by atoms with E-state index in [-0.39, 0.29) is 5.91 Å². The molecule has 1 aliphatic heterocycles. The van der Waals surface area contributed by atoms with Crippen LogP contribution < -0.4 is 20.1 Å². The first-order chi connectivity index (χ1) is 12.2. The Balaban J connectivity index is 1.48. The molecule has 2 heterocycles. The molecule has 1 aromatic carbocycles. The highest BCUT2D eigenvalue weighted by molar-refractivity contribution is 5.90. The zero-order chi connectivity index (χ0) is 17.5. The molecule has 0 spiro atoms. The highest BCUT2D eigenvalue weighted by Crippen LogP contribution is 2.23. The van der Waals surface area contributed by atoms with Crippen LogP contribution in [-0.2, 0) is 4.79 Å². The largest absolute Gasteiger partial charge is 0.497 e. The van der Waals surface area contributed by atoms with E-state index in [1.807, 2.05) is 24.3 Å². The van der Waals surface area contributed by atoms with Crippen LogP contribution in [0.25, 0.3) is 0 Å². The minimum Gasteiger partial charge on any atom is -0.497 e. The minimum absolute atomic E-state index is 0.0255. The summed E-state index contributed by atoms with van der Waals surface area (Å²) >= 11 is 0.